The minimum absolute atomic E-state index is 0.0515. The zero-order valence-electron chi connectivity index (χ0n) is 10.5. The molecule has 3 rings (SSSR count). The van der Waals surface area contributed by atoms with Gasteiger partial charge in [0.25, 0.3) is 5.91 Å². The van der Waals surface area contributed by atoms with E-state index in [0.29, 0.717) is 12.2 Å². The van der Waals surface area contributed by atoms with Gasteiger partial charge in [0.05, 0.1) is 6.20 Å². The van der Waals surface area contributed by atoms with Gasteiger partial charge in [-0.1, -0.05) is 0 Å². The molecule has 19 heavy (non-hydrogen) atoms. The number of rotatable bonds is 2. The summed E-state index contributed by atoms with van der Waals surface area (Å²) in [5.41, 5.74) is 0.405. The van der Waals surface area contributed by atoms with Crippen LogP contribution in [0.15, 0.2) is 31.0 Å². The number of nitrogens with zero attached hydrogens (tertiary/aromatic N) is 4. The lowest BCUT2D eigenvalue weighted by Gasteiger charge is -2.31. The minimum Gasteiger partial charge on any atom is -0.348 e. The van der Waals surface area contributed by atoms with Crippen LogP contribution < -0.4 is 0 Å². The lowest BCUT2D eigenvalue weighted by Crippen LogP contribution is -2.39. The van der Waals surface area contributed by atoms with Gasteiger partial charge in [0.2, 0.25) is 0 Å². The Kier molecular flexibility index (Phi) is 3.22. The first-order chi connectivity index (χ1) is 9.34. The third-order valence-electron chi connectivity index (χ3n) is 3.40. The lowest BCUT2D eigenvalue weighted by atomic mass is 9.97. The van der Waals surface area contributed by atoms with Gasteiger partial charge in [-0.25, -0.2) is 9.97 Å². The Hall–Kier alpha value is -2.24. The molecule has 0 saturated carbocycles. The summed E-state index contributed by atoms with van der Waals surface area (Å²) in [7, 11) is 0. The summed E-state index contributed by atoms with van der Waals surface area (Å²) in [6.45, 7) is 1.45. The van der Waals surface area contributed by atoms with Crippen LogP contribution in [0.3, 0.4) is 0 Å². The zero-order chi connectivity index (χ0) is 13.1. The van der Waals surface area contributed by atoms with Crippen molar-refractivity contribution in [3.8, 4) is 0 Å². The summed E-state index contributed by atoms with van der Waals surface area (Å²) in [5.74, 6) is 1.19. The van der Waals surface area contributed by atoms with Gasteiger partial charge in [0.1, 0.15) is 11.5 Å². The molecule has 1 N–H and O–H groups in total. The molecule has 6 heteroatoms. The first-order valence-electron chi connectivity index (χ1n) is 6.39. The van der Waals surface area contributed by atoms with Crippen LogP contribution in [0.1, 0.15) is 35.1 Å². The number of piperidine rings is 1. The van der Waals surface area contributed by atoms with Gasteiger partial charge in [-0.05, 0) is 12.8 Å². The van der Waals surface area contributed by atoms with E-state index >= 15 is 0 Å². The highest BCUT2D eigenvalue weighted by atomic mass is 16.2. The Morgan fingerprint density at radius 2 is 2.26 bits per heavy atom. The molecule has 0 spiro atoms. The van der Waals surface area contributed by atoms with Crippen LogP contribution in [0.5, 0.6) is 0 Å². The Morgan fingerprint density at radius 1 is 1.32 bits per heavy atom. The molecule has 2 aromatic rings. The van der Waals surface area contributed by atoms with Crippen molar-refractivity contribution in [3.05, 3.63) is 42.5 Å². The quantitative estimate of drug-likeness (QED) is 0.877. The number of H-pyrrole nitrogens is 1. The molecule has 98 valence electrons. The first kappa shape index (κ1) is 11.8. The van der Waals surface area contributed by atoms with E-state index in [9.17, 15) is 4.79 Å². The highest BCUT2D eigenvalue weighted by molar-refractivity contribution is 5.92. The largest absolute Gasteiger partial charge is 0.348 e. The standard InChI is InChI=1S/C13H15N5O/c19-13(11-8-14-3-4-15-11)18-7-1-2-10(9-18)12-16-5-6-17-12/h3-6,8,10H,1-2,7,9H2,(H,16,17). The van der Waals surface area contributed by atoms with Gasteiger partial charge >= 0.3 is 0 Å². The van der Waals surface area contributed by atoms with Crippen molar-refractivity contribution in [2.45, 2.75) is 18.8 Å². The number of carbonyl (C=O) groups is 1. The van der Waals surface area contributed by atoms with Crippen molar-refractivity contribution in [1.29, 1.82) is 0 Å². The Labute approximate surface area is 110 Å². The average molecular weight is 257 g/mol. The molecule has 6 nitrogen and oxygen atoms in total. The van der Waals surface area contributed by atoms with E-state index in [1.165, 1.54) is 6.20 Å². The van der Waals surface area contributed by atoms with Crippen molar-refractivity contribution in [3.63, 3.8) is 0 Å². The predicted molar refractivity (Wildman–Crippen MR) is 68.5 cm³/mol. The van der Waals surface area contributed by atoms with E-state index in [1.54, 1.807) is 18.6 Å². The smallest absolute Gasteiger partial charge is 0.274 e. The maximum atomic E-state index is 12.3. The predicted octanol–water partition coefficient (Wildman–Crippen LogP) is 1.22. The summed E-state index contributed by atoms with van der Waals surface area (Å²) < 4.78 is 0. The van der Waals surface area contributed by atoms with Crippen LogP contribution in [-0.2, 0) is 0 Å². The first-order valence-corrected chi connectivity index (χ1v) is 6.39. The molecule has 1 unspecified atom stereocenters. The SMILES string of the molecule is O=C(c1cnccn1)N1CCCC(c2ncc[nH]2)C1. The van der Waals surface area contributed by atoms with Crippen LogP contribution in [0, 0.1) is 0 Å². The Morgan fingerprint density at radius 3 is 3.00 bits per heavy atom. The van der Waals surface area contributed by atoms with Crippen LogP contribution in [-0.4, -0.2) is 43.8 Å². The van der Waals surface area contributed by atoms with Crippen LogP contribution >= 0.6 is 0 Å². The number of aromatic amines is 1. The van der Waals surface area contributed by atoms with E-state index in [2.05, 4.69) is 19.9 Å². The molecule has 0 radical (unpaired) electrons. The molecule has 1 amide bonds. The molecule has 1 saturated heterocycles. The van der Waals surface area contributed by atoms with Gasteiger partial charge in [-0.15, -0.1) is 0 Å². The number of hydrogen-bond donors (Lipinski definition) is 1. The number of carbonyl (C=O) groups excluding carboxylic acids is 1. The van der Waals surface area contributed by atoms with Crippen molar-refractivity contribution in [2.24, 2.45) is 0 Å². The molecule has 0 aromatic carbocycles. The maximum Gasteiger partial charge on any atom is 0.274 e. The second-order valence-corrected chi connectivity index (χ2v) is 4.66. The van der Waals surface area contributed by atoms with E-state index in [4.69, 9.17) is 0 Å². The molecule has 3 heterocycles. The van der Waals surface area contributed by atoms with Crippen molar-refractivity contribution in [2.75, 3.05) is 13.1 Å². The van der Waals surface area contributed by atoms with E-state index in [1.807, 2.05) is 11.1 Å². The van der Waals surface area contributed by atoms with Gasteiger partial charge in [-0.2, -0.15) is 0 Å². The van der Waals surface area contributed by atoms with E-state index in [-0.39, 0.29) is 11.8 Å². The van der Waals surface area contributed by atoms with Crippen LogP contribution in [0.25, 0.3) is 0 Å². The fraction of sp³-hybridized carbons (Fsp3) is 0.385. The fourth-order valence-corrected chi connectivity index (χ4v) is 2.46. The van der Waals surface area contributed by atoms with E-state index < -0.39 is 0 Å². The number of aromatic nitrogens is 4. The zero-order valence-corrected chi connectivity index (χ0v) is 10.5. The van der Waals surface area contributed by atoms with Gasteiger partial charge in [0.15, 0.2) is 0 Å². The third kappa shape index (κ3) is 2.47. The molecule has 0 bridgehead atoms. The maximum absolute atomic E-state index is 12.3. The van der Waals surface area contributed by atoms with Gasteiger partial charge < -0.3 is 9.88 Å². The van der Waals surface area contributed by atoms with Crippen molar-refractivity contribution >= 4 is 5.91 Å². The number of amides is 1. The third-order valence-corrected chi connectivity index (χ3v) is 3.40. The fourth-order valence-electron chi connectivity index (χ4n) is 2.46. The van der Waals surface area contributed by atoms with E-state index in [0.717, 1.165) is 25.2 Å². The molecule has 2 aromatic heterocycles. The van der Waals surface area contributed by atoms with Gasteiger partial charge in [-0.3, -0.25) is 9.78 Å². The number of likely N-dealkylation sites (tertiary alicyclic amines) is 1. The molecular weight excluding hydrogens is 242 g/mol. The molecule has 1 atom stereocenters. The highest BCUT2D eigenvalue weighted by Crippen LogP contribution is 2.24. The summed E-state index contributed by atoms with van der Waals surface area (Å²) >= 11 is 0. The number of nitrogens with one attached hydrogen (secondary N) is 1. The summed E-state index contributed by atoms with van der Waals surface area (Å²) in [6, 6.07) is 0. The molecule has 1 aliphatic rings. The monoisotopic (exact) mass is 257 g/mol. The van der Waals surface area contributed by atoms with Crippen molar-refractivity contribution < 1.29 is 4.79 Å². The topological polar surface area (TPSA) is 74.8 Å². The Bertz CT molecular complexity index is 539. The molecule has 1 fully saturated rings. The second kappa shape index (κ2) is 5.17. The second-order valence-electron chi connectivity index (χ2n) is 4.66. The molecule has 1 aliphatic heterocycles. The van der Waals surface area contributed by atoms with Crippen LogP contribution in [0.4, 0.5) is 0 Å². The minimum atomic E-state index is -0.0515. The van der Waals surface area contributed by atoms with Crippen LogP contribution in [0.2, 0.25) is 0 Å². The summed E-state index contributed by atoms with van der Waals surface area (Å²) in [5, 5.41) is 0. The lowest BCUT2D eigenvalue weighted by molar-refractivity contribution is 0.0698. The van der Waals surface area contributed by atoms with Gasteiger partial charge in [0, 0.05) is 43.8 Å². The summed E-state index contributed by atoms with van der Waals surface area (Å²) in [6.07, 6.45) is 10.2. The number of imidazole rings is 1. The summed E-state index contributed by atoms with van der Waals surface area (Å²) in [4.78, 5) is 29.6. The normalized spacial score (nSPS) is 19.4. The number of hydrogen-bond acceptors (Lipinski definition) is 4. The molecular formula is C13H15N5O. The Balaban J connectivity index is 1.73. The van der Waals surface area contributed by atoms with Crippen molar-refractivity contribution in [1.82, 2.24) is 24.8 Å². The molecule has 0 aliphatic carbocycles. The highest BCUT2D eigenvalue weighted by Gasteiger charge is 2.27. The average Bonchev–Trinajstić information content (AvgIpc) is 3.02.